The third-order valence-electron chi connectivity index (χ3n) is 3.93. The normalized spacial score (nSPS) is 29.3. The molecule has 0 aromatic heterocycles. The van der Waals surface area contributed by atoms with Gasteiger partial charge in [-0.05, 0) is 55.7 Å². The van der Waals surface area contributed by atoms with E-state index in [-0.39, 0.29) is 5.92 Å². The summed E-state index contributed by atoms with van der Waals surface area (Å²) in [6.07, 6.45) is 3.77. The predicted octanol–water partition coefficient (Wildman–Crippen LogP) is 3.76. The molecule has 1 N–H and O–H groups in total. The standard InChI is InChI=1S/C14H18F2O/c1-2-14(17)5-3-10(4-6-14)11-7-12(15)9-13(16)8-11/h7-10,17H,2-6H2,1H3. The number of aliphatic hydroxyl groups is 1. The average Bonchev–Trinajstić information content (AvgIpc) is 2.29. The second-order valence-electron chi connectivity index (χ2n) is 5.05. The van der Waals surface area contributed by atoms with E-state index >= 15 is 0 Å². The number of hydrogen-bond donors (Lipinski definition) is 1. The minimum absolute atomic E-state index is 0.173. The molecule has 0 spiro atoms. The van der Waals surface area contributed by atoms with Crippen LogP contribution in [0.4, 0.5) is 8.78 Å². The zero-order valence-corrected chi connectivity index (χ0v) is 10.0. The van der Waals surface area contributed by atoms with Gasteiger partial charge in [-0.15, -0.1) is 0 Å². The lowest BCUT2D eigenvalue weighted by Crippen LogP contribution is -2.32. The van der Waals surface area contributed by atoms with Crippen LogP contribution in [0.15, 0.2) is 18.2 Å². The number of benzene rings is 1. The molecule has 0 radical (unpaired) electrons. The van der Waals surface area contributed by atoms with E-state index < -0.39 is 17.2 Å². The van der Waals surface area contributed by atoms with Gasteiger partial charge in [-0.3, -0.25) is 0 Å². The van der Waals surface area contributed by atoms with Crippen LogP contribution in [0, 0.1) is 11.6 Å². The predicted molar refractivity (Wildman–Crippen MR) is 62.8 cm³/mol. The smallest absolute Gasteiger partial charge is 0.126 e. The summed E-state index contributed by atoms with van der Waals surface area (Å²) in [6.45, 7) is 1.97. The van der Waals surface area contributed by atoms with Crippen LogP contribution in [0.25, 0.3) is 0 Å². The average molecular weight is 240 g/mol. The Morgan fingerprint density at radius 2 is 1.71 bits per heavy atom. The van der Waals surface area contributed by atoms with Gasteiger partial charge in [0.05, 0.1) is 5.60 Å². The van der Waals surface area contributed by atoms with Crippen molar-refractivity contribution in [3.05, 3.63) is 35.4 Å². The third-order valence-corrected chi connectivity index (χ3v) is 3.93. The van der Waals surface area contributed by atoms with E-state index in [1.54, 1.807) is 0 Å². The Labute approximate surface area is 100 Å². The van der Waals surface area contributed by atoms with Gasteiger partial charge in [0.1, 0.15) is 11.6 Å². The first-order valence-electron chi connectivity index (χ1n) is 6.21. The summed E-state index contributed by atoms with van der Waals surface area (Å²) in [6, 6.07) is 3.71. The zero-order valence-electron chi connectivity index (χ0n) is 10.0. The van der Waals surface area contributed by atoms with E-state index in [1.807, 2.05) is 6.92 Å². The van der Waals surface area contributed by atoms with Crippen molar-refractivity contribution in [1.29, 1.82) is 0 Å². The second kappa shape index (κ2) is 4.73. The van der Waals surface area contributed by atoms with Gasteiger partial charge in [0.2, 0.25) is 0 Å². The van der Waals surface area contributed by atoms with Crippen molar-refractivity contribution >= 4 is 0 Å². The molecule has 1 saturated carbocycles. The first-order valence-corrected chi connectivity index (χ1v) is 6.21. The maximum Gasteiger partial charge on any atom is 0.126 e. The lowest BCUT2D eigenvalue weighted by molar-refractivity contribution is -0.00421. The molecule has 3 heteroatoms. The molecule has 0 atom stereocenters. The van der Waals surface area contributed by atoms with Gasteiger partial charge in [0.15, 0.2) is 0 Å². The summed E-state index contributed by atoms with van der Waals surface area (Å²) in [5.74, 6) is -0.861. The molecule has 0 saturated heterocycles. The highest BCUT2D eigenvalue weighted by Crippen LogP contribution is 2.39. The van der Waals surface area contributed by atoms with E-state index in [9.17, 15) is 13.9 Å². The molecule has 1 fully saturated rings. The first-order chi connectivity index (χ1) is 8.02. The molecule has 1 aromatic carbocycles. The van der Waals surface area contributed by atoms with Crippen molar-refractivity contribution in [2.45, 2.75) is 50.5 Å². The molecule has 1 aliphatic rings. The molecule has 2 rings (SSSR count). The molecule has 17 heavy (non-hydrogen) atoms. The highest BCUT2D eigenvalue weighted by Gasteiger charge is 2.32. The maximum atomic E-state index is 13.1. The summed E-state index contributed by atoms with van der Waals surface area (Å²) in [7, 11) is 0. The Bertz CT molecular complexity index is 375. The van der Waals surface area contributed by atoms with Crippen molar-refractivity contribution in [1.82, 2.24) is 0 Å². The Morgan fingerprint density at radius 1 is 1.18 bits per heavy atom. The summed E-state index contributed by atoms with van der Waals surface area (Å²) in [4.78, 5) is 0. The minimum atomic E-state index is -0.567. The second-order valence-corrected chi connectivity index (χ2v) is 5.05. The first kappa shape index (κ1) is 12.5. The van der Waals surface area contributed by atoms with E-state index in [0.717, 1.165) is 30.9 Å². The molecule has 0 amide bonds. The quantitative estimate of drug-likeness (QED) is 0.834. The summed E-state index contributed by atoms with van der Waals surface area (Å²) in [5.41, 5.74) is 0.156. The summed E-state index contributed by atoms with van der Waals surface area (Å²) in [5, 5.41) is 10.1. The van der Waals surface area contributed by atoms with Gasteiger partial charge in [-0.25, -0.2) is 8.78 Å². The Hall–Kier alpha value is -0.960. The molecule has 0 bridgehead atoms. The van der Waals surface area contributed by atoms with Crippen LogP contribution in [0.1, 0.15) is 50.5 Å². The Balaban J connectivity index is 2.10. The van der Waals surface area contributed by atoms with Gasteiger partial charge < -0.3 is 5.11 Å². The van der Waals surface area contributed by atoms with Crippen molar-refractivity contribution in [2.75, 3.05) is 0 Å². The molecule has 0 unspecified atom stereocenters. The van der Waals surface area contributed by atoms with Crippen LogP contribution < -0.4 is 0 Å². The molecule has 1 nitrogen and oxygen atoms in total. The van der Waals surface area contributed by atoms with Gasteiger partial charge >= 0.3 is 0 Å². The molecular formula is C14H18F2O. The van der Waals surface area contributed by atoms with E-state index in [4.69, 9.17) is 0 Å². The summed E-state index contributed by atoms with van der Waals surface area (Å²) < 4.78 is 26.2. The van der Waals surface area contributed by atoms with E-state index in [1.165, 1.54) is 12.1 Å². The van der Waals surface area contributed by atoms with Crippen molar-refractivity contribution in [2.24, 2.45) is 0 Å². The van der Waals surface area contributed by atoms with Gasteiger partial charge in [0, 0.05) is 6.07 Å². The van der Waals surface area contributed by atoms with Gasteiger partial charge in [-0.2, -0.15) is 0 Å². The minimum Gasteiger partial charge on any atom is -0.390 e. The molecule has 1 aliphatic carbocycles. The third kappa shape index (κ3) is 2.83. The molecule has 0 aliphatic heterocycles. The van der Waals surface area contributed by atoms with E-state index in [0.29, 0.717) is 12.8 Å². The Kier molecular flexibility index (Phi) is 3.48. The molecular weight excluding hydrogens is 222 g/mol. The fourth-order valence-electron chi connectivity index (χ4n) is 2.65. The fraction of sp³-hybridized carbons (Fsp3) is 0.571. The van der Waals surface area contributed by atoms with Crippen molar-refractivity contribution in [3.63, 3.8) is 0 Å². The number of rotatable bonds is 2. The summed E-state index contributed by atoms with van der Waals surface area (Å²) >= 11 is 0. The molecule has 0 heterocycles. The number of hydrogen-bond acceptors (Lipinski definition) is 1. The monoisotopic (exact) mass is 240 g/mol. The molecule has 1 aromatic rings. The topological polar surface area (TPSA) is 20.2 Å². The Morgan fingerprint density at radius 3 is 2.18 bits per heavy atom. The maximum absolute atomic E-state index is 13.1. The van der Waals surface area contributed by atoms with Crippen LogP contribution in [0.5, 0.6) is 0 Å². The lowest BCUT2D eigenvalue weighted by Gasteiger charge is -2.35. The van der Waals surface area contributed by atoms with Crippen LogP contribution >= 0.6 is 0 Å². The van der Waals surface area contributed by atoms with Gasteiger partial charge in [0.25, 0.3) is 0 Å². The lowest BCUT2D eigenvalue weighted by atomic mass is 9.75. The number of halogens is 2. The van der Waals surface area contributed by atoms with Crippen molar-refractivity contribution in [3.8, 4) is 0 Å². The van der Waals surface area contributed by atoms with Crippen LogP contribution in [0.3, 0.4) is 0 Å². The van der Waals surface area contributed by atoms with Crippen LogP contribution in [-0.4, -0.2) is 10.7 Å². The van der Waals surface area contributed by atoms with Crippen LogP contribution in [-0.2, 0) is 0 Å². The van der Waals surface area contributed by atoms with Crippen molar-refractivity contribution < 1.29 is 13.9 Å². The van der Waals surface area contributed by atoms with E-state index in [2.05, 4.69) is 0 Å². The van der Waals surface area contributed by atoms with Gasteiger partial charge in [-0.1, -0.05) is 6.92 Å². The largest absolute Gasteiger partial charge is 0.390 e. The highest BCUT2D eigenvalue weighted by atomic mass is 19.1. The zero-order chi connectivity index (χ0) is 12.5. The highest BCUT2D eigenvalue weighted by molar-refractivity contribution is 5.22. The molecule has 94 valence electrons. The van der Waals surface area contributed by atoms with Crippen LogP contribution in [0.2, 0.25) is 0 Å². The SMILES string of the molecule is CCC1(O)CCC(c2cc(F)cc(F)c2)CC1. The fourth-order valence-corrected chi connectivity index (χ4v) is 2.65.